The molecule has 0 saturated heterocycles. The van der Waals surface area contributed by atoms with Crippen molar-refractivity contribution in [1.82, 2.24) is 0 Å². The molecule has 0 aliphatic rings. The summed E-state index contributed by atoms with van der Waals surface area (Å²) in [5.74, 6) is 0. The third-order valence-corrected chi connectivity index (χ3v) is 6.25. The second-order valence-corrected chi connectivity index (χ2v) is 8.65. The fourth-order valence-electron chi connectivity index (χ4n) is 4.51. The van der Waals surface area contributed by atoms with Gasteiger partial charge in [0, 0.05) is 35.7 Å². The summed E-state index contributed by atoms with van der Waals surface area (Å²) in [6.07, 6.45) is 13.5. The highest BCUT2D eigenvalue weighted by molar-refractivity contribution is 5.80. The van der Waals surface area contributed by atoms with Gasteiger partial charge in [0.05, 0.1) is 0 Å². The van der Waals surface area contributed by atoms with Gasteiger partial charge >= 0.3 is 0 Å². The van der Waals surface area contributed by atoms with Crippen LogP contribution in [0.2, 0.25) is 0 Å². The van der Waals surface area contributed by atoms with Crippen LogP contribution in [0.1, 0.15) is 24.0 Å². The first-order chi connectivity index (χ1) is 15.8. The summed E-state index contributed by atoms with van der Waals surface area (Å²) in [4.78, 5) is 0. The highest BCUT2D eigenvalue weighted by atomic mass is 14.9. The van der Waals surface area contributed by atoms with Crippen molar-refractivity contribution < 1.29 is 9.13 Å². The molecule has 0 radical (unpaired) electrons. The van der Waals surface area contributed by atoms with E-state index in [0.717, 1.165) is 38.8 Å². The van der Waals surface area contributed by atoms with E-state index in [1.54, 1.807) is 0 Å². The Bertz CT molecular complexity index is 1240. The summed E-state index contributed by atoms with van der Waals surface area (Å²) in [5.41, 5.74) is 2.89. The van der Waals surface area contributed by atoms with E-state index >= 15 is 0 Å². The lowest BCUT2D eigenvalue weighted by molar-refractivity contribution is -0.696. The molecule has 0 atom stereocenters. The average Bonchev–Trinajstić information content (AvgIpc) is 2.84. The molecule has 0 unspecified atom stereocenters. The maximum Gasteiger partial charge on any atom is 0.176 e. The summed E-state index contributed by atoms with van der Waals surface area (Å²) >= 11 is 0. The molecular formula is C30H30N2+2. The lowest BCUT2D eigenvalue weighted by Gasteiger charge is -2.05. The van der Waals surface area contributed by atoms with Gasteiger partial charge in [-0.1, -0.05) is 60.7 Å². The number of hydrogen-bond donors (Lipinski definition) is 0. The molecule has 0 bridgehead atoms. The van der Waals surface area contributed by atoms with E-state index in [-0.39, 0.29) is 0 Å². The maximum absolute atomic E-state index is 2.40. The van der Waals surface area contributed by atoms with E-state index in [2.05, 4.69) is 119 Å². The molecular weight excluding hydrogens is 388 g/mol. The molecule has 3 aromatic carbocycles. The van der Waals surface area contributed by atoms with Gasteiger partial charge in [-0.05, 0) is 46.9 Å². The molecule has 158 valence electrons. The van der Waals surface area contributed by atoms with Crippen LogP contribution in [0, 0.1) is 0 Å². The van der Waals surface area contributed by atoms with Crippen LogP contribution in [0.5, 0.6) is 0 Å². The van der Waals surface area contributed by atoms with E-state index in [9.17, 15) is 0 Å². The normalized spacial score (nSPS) is 11.2. The van der Waals surface area contributed by atoms with Gasteiger partial charge < -0.3 is 0 Å². The first kappa shape index (κ1) is 20.4. The molecule has 0 fully saturated rings. The average molecular weight is 419 g/mol. The molecule has 2 heterocycles. The first-order valence-electron chi connectivity index (χ1n) is 11.7. The lowest BCUT2D eigenvalue weighted by Crippen LogP contribution is -2.32. The zero-order valence-electron chi connectivity index (χ0n) is 18.5. The SMILES string of the molecule is c1cc(CCC[n+]2ccc3ccccc3c2)cc(CCC[n+]2ccc3ccccc3c2)c1. The summed E-state index contributed by atoms with van der Waals surface area (Å²) in [5, 5.41) is 5.22. The van der Waals surface area contributed by atoms with Crippen LogP contribution in [-0.2, 0) is 25.9 Å². The molecule has 2 heteroatoms. The molecule has 2 nitrogen and oxygen atoms in total. The molecule has 0 amide bonds. The zero-order chi connectivity index (χ0) is 21.6. The fourth-order valence-corrected chi connectivity index (χ4v) is 4.51. The fraction of sp³-hybridized carbons (Fsp3) is 0.200. The monoisotopic (exact) mass is 418 g/mol. The Hall–Kier alpha value is -3.52. The number of hydrogen-bond acceptors (Lipinski definition) is 0. The van der Waals surface area contributed by atoms with Crippen LogP contribution in [0.4, 0.5) is 0 Å². The maximum atomic E-state index is 2.40. The Morgan fingerprint density at radius 3 is 1.44 bits per heavy atom. The zero-order valence-corrected chi connectivity index (χ0v) is 18.5. The first-order valence-corrected chi connectivity index (χ1v) is 11.7. The van der Waals surface area contributed by atoms with Crippen LogP contribution < -0.4 is 9.13 Å². The molecule has 0 spiro atoms. The summed E-state index contributed by atoms with van der Waals surface area (Å²) in [6, 6.07) is 30.7. The minimum absolute atomic E-state index is 1.05. The van der Waals surface area contributed by atoms with Crippen LogP contribution in [0.15, 0.2) is 110 Å². The molecule has 5 rings (SSSR count). The van der Waals surface area contributed by atoms with E-state index < -0.39 is 0 Å². The van der Waals surface area contributed by atoms with Crippen molar-refractivity contribution in [3.8, 4) is 0 Å². The Kier molecular flexibility index (Phi) is 6.20. The minimum Gasteiger partial charge on any atom is -0.204 e. The van der Waals surface area contributed by atoms with E-state index in [0.29, 0.717) is 0 Å². The van der Waals surface area contributed by atoms with Crippen molar-refractivity contribution in [2.75, 3.05) is 0 Å². The number of fused-ring (bicyclic) bond motifs is 2. The number of aryl methyl sites for hydroxylation is 4. The second kappa shape index (κ2) is 9.74. The molecule has 0 N–H and O–H groups in total. The minimum atomic E-state index is 1.05. The largest absolute Gasteiger partial charge is 0.204 e. The predicted octanol–water partition coefficient (Wildman–Crippen LogP) is 5.83. The van der Waals surface area contributed by atoms with Crippen molar-refractivity contribution in [3.05, 3.63) is 121 Å². The van der Waals surface area contributed by atoms with Gasteiger partial charge in [-0.15, -0.1) is 0 Å². The number of pyridine rings is 2. The number of rotatable bonds is 8. The van der Waals surface area contributed by atoms with Crippen molar-refractivity contribution in [1.29, 1.82) is 0 Å². The topological polar surface area (TPSA) is 7.76 Å². The third-order valence-electron chi connectivity index (χ3n) is 6.25. The van der Waals surface area contributed by atoms with Crippen LogP contribution in [-0.4, -0.2) is 0 Å². The van der Waals surface area contributed by atoms with Gasteiger partial charge in [-0.2, -0.15) is 0 Å². The van der Waals surface area contributed by atoms with Crippen LogP contribution in [0.3, 0.4) is 0 Å². The Balaban J connectivity index is 1.13. The summed E-state index contributed by atoms with van der Waals surface area (Å²) in [6.45, 7) is 2.10. The number of aromatic nitrogens is 2. The molecule has 0 aliphatic heterocycles. The quantitative estimate of drug-likeness (QED) is 0.280. The molecule has 0 saturated carbocycles. The predicted molar refractivity (Wildman–Crippen MR) is 131 cm³/mol. The molecule has 0 aliphatic carbocycles. The number of nitrogens with zero attached hydrogens (tertiary/aromatic N) is 2. The Morgan fingerprint density at radius 2 is 0.938 bits per heavy atom. The Morgan fingerprint density at radius 1 is 0.469 bits per heavy atom. The molecule has 32 heavy (non-hydrogen) atoms. The summed E-state index contributed by atoms with van der Waals surface area (Å²) in [7, 11) is 0. The van der Waals surface area contributed by atoms with Crippen LogP contribution in [0.25, 0.3) is 21.5 Å². The van der Waals surface area contributed by atoms with Gasteiger partial charge in [0.15, 0.2) is 24.8 Å². The lowest BCUT2D eigenvalue weighted by atomic mass is 10.0. The second-order valence-electron chi connectivity index (χ2n) is 8.65. The highest BCUT2D eigenvalue weighted by Crippen LogP contribution is 2.13. The van der Waals surface area contributed by atoms with E-state index in [1.807, 2.05) is 0 Å². The third kappa shape index (κ3) is 5.03. The highest BCUT2D eigenvalue weighted by Gasteiger charge is 2.06. The van der Waals surface area contributed by atoms with Crippen molar-refractivity contribution in [2.24, 2.45) is 0 Å². The van der Waals surface area contributed by atoms with Gasteiger partial charge in [0.1, 0.15) is 13.1 Å². The molecule has 5 aromatic rings. The van der Waals surface area contributed by atoms with Gasteiger partial charge in [-0.25, -0.2) is 9.13 Å². The van der Waals surface area contributed by atoms with Crippen molar-refractivity contribution >= 4 is 21.5 Å². The van der Waals surface area contributed by atoms with Gasteiger partial charge in [0.25, 0.3) is 0 Å². The number of benzene rings is 3. The van der Waals surface area contributed by atoms with Gasteiger partial charge in [-0.3, -0.25) is 0 Å². The smallest absolute Gasteiger partial charge is 0.176 e. The van der Waals surface area contributed by atoms with Crippen molar-refractivity contribution in [3.63, 3.8) is 0 Å². The molecule has 2 aromatic heterocycles. The van der Waals surface area contributed by atoms with E-state index in [4.69, 9.17) is 0 Å². The standard InChI is InChI=1S/C30H30N2/c1-3-14-29-23-31(20-16-27(29)12-1)18-6-10-25-8-5-9-26(22-25)11-7-19-32-21-17-28-13-2-4-15-30(28)24-32/h1-5,8-9,12-17,20-24H,6-7,10-11,18-19H2/q+2. The van der Waals surface area contributed by atoms with Crippen LogP contribution >= 0.6 is 0 Å². The van der Waals surface area contributed by atoms with Gasteiger partial charge in [0.2, 0.25) is 0 Å². The van der Waals surface area contributed by atoms with Crippen molar-refractivity contribution in [2.45, 2.75) is 38.8 Å². The summed E-state index contributed by atoms with van der Waals surface area (Å²) < 4.78 is 4.62. The van der Waals surface area contributed by atoms with E-state index in [1.165, 1.54) is 32.7 Å². The Labute approximate surface area is 190 Å².